The van der Waals surface area contributed by atoms with E-state index in [0.717, 1.165) is 29.8 Å². The van der Waals surface area contributed by atoms with Gasteiger partial charge in [0.2, 0.25) is 5.91 Å². The Balaban J connectivity index is 0.00000841. The SMILES string of the molecule is CCNC(=O)C(C)(C)CNC(=NCc1ccc(C)cc1OCCCOC)NCC.I. The lowest BCUT2D eigenvalue weighted by molar-refractivity contribution is -0.128. The van der Waals surface area contributed by atoms with Gasteiger partial charge in [-0.05, 0) is 46.2 Å². The summed E-state index contributed by atoms with van der Waals surface area (Å²) < 4.78 is 11.0. The van der Waals surface area contributed by atoms with Crippen LogP contribution in [0.4, 0.5) is 0 Å². The lowest BCUT2D eigenvalue weighted by Crippen LogP contribution is -2.47. The number of rotatable bonds is 12. The lowest BCUT2D eigenvalue weighted by atomic mass is 9.92. The zero-order chi connectivity index (χ0) is 21.7. The van der Waals surface area contributed by atoms with E-state index in [1.165, 1.54) is 0 Å². The van der Waals surface area contributed by atoms with E-state index in [1.54, 1.807) is 7.11 Å². The molecule has 1 aromatic rings. The summed E-state index contributed by atoms with van der Waals surface area (Å²) in [6.45, 7) is 13.4. The number of methoxy groups -OCH3 is 1. The quantitative estimate of drug-likeness (QED) is 0.166. The molecule has 0 saturated heterocycles. The van der Waals surface area contributed by atoms with E-state index in [1.807, 2.05) is 46.8 Å². The van der Waals surface area contributed by atoms with Crippen molar-refractivity contribution in [2.45, 2.75) is 47.6 Å². The van der Waals surface area contributed by atoms with Gasteiger partial charge in [0.05, 0.1) is 18.6 Å². The molecule has 3 N–H and O–H groups in total. The van der Waals surface area contributed by atoms with Crippen LogP contribution in [0.1, 0.15) is 45.2 Å². The van der Waals surface area contributed by atoms with E-state index in [-0.39, 0.29) is 29.9 Å². The molecule has 0 atom stereocenters. The van der Waals surface area contributed by atoms with Gasteiger partial charge < -0.3 is 25.4 Å². The molecule has 1 amide bonds. The molecule has 0 radical (unpaired) electrons. The van der Waals surface area contributed by atoms with Crippen LogP contribution in [-0.4, -0.2) is 51.8 Å². The number of aliphatic imine (C=N–C) groups is 1. The van der Waals surface area contributed by atoms with E-state index >= 15 is 0 Å². The number of halogens is 1. The Hall–Kier alpha value is -1.55. The number of guanidine groups is 1. The zero-order valence-electron chi connectivity index (χ0n) is 19.3. The zero-order valence-corrected chi connectivity index (χ0v) is 21.6. The van der Waals surface area contributed by atoms with Crippen LogP contribution in [0.2, 0.25) is 0 Å². The Bertz CT molecular complexity index is 666. The Morgan fingerprint density at radius 1 is 1.10 bits per heavy atom. The summed E-state index contributed by atoms with van der Waals surface area (Å²) in [5.41, 5.74) is 1.63. The molecule has 172 valence electrons. The van der Waals surface area contributed by atoms with Crippen molar-refractivity contribution in [1.82, 2.24) is 16.0 Å². The van der Waals surface area contributed by atoms with E-state index in [2.05, 4.69) is 27.0 Å². The summed E-state index contributed by atoms with van der Waals surface area (Å²) in [6, 6.07) is 6.15. The van der Waals surface area contributed by atoms with Crippen molar-refractivity contribution in [2.75, 3.05) is 40.0 Å². The minimum absolute atomic E-state index is 0. The van der Waals surface area contributed by atoms with Crippen molar-refractivity contribution in [2.24, 2.45) is 10.4 Å². The molecule has 0 unspecified atom stereocenters. The van der Waals surface area contributed by atoms with Gasteiger partial charge in [-0.1, -0.05) is 12.1 Å². The Labute approximate surface area is 198 Å². The highest BCUT2D eigenvalue weighted by atomic mass is 127. The molecule has 0 aliphatic heterocycles. The average molecular weight is 534 g/mol. The van der Waals surface area contributed by atoms with E-state index < -0.39 is 5.41 Å². The van der Waals surface area contributed by atoms with Gasteiger partial charge in [0.15, 0.2) is 5.96 Å². The molecule has 0 aliphatic carbocycles. The summed E-state index contributed by atoms with van der Waals surface area (Å²) in [5.74, 6) is 1.55. The number of nitrogens with zero attached hydrogens (tertiary/aromatic N) is 1. The molecular formula is C22H39IN4O3. The van der Waals surface area contributed by atoms with Gasteiger partial charge in [-0.15, -0.1) is 24.0 Å². The van der Waals surface area contributed by atoms with E-state index in [4.69, 9.17) is 9.47 Å². The van der Waals surface area contributed by atoms with Crippen molar-refractivity contribution in [3.05, 3.63) is 29.3 Å². The van der Waals surface area contributed by atoms with Crippen molar-refractivity contribution >= 4 is 35.8 Å². The highest BCUT2D eigenvalue weighted by Gasteiger charge is 2.27. The number of ether oxygens (including phenoxy) is 2. The topological polar surface area (TPSA) is 84.0 Å². The fourth-order valence-corrected chi connectivity index (χ4v) is 2.60. The summed E-state index contributed by atoms with van der Waals surface area (Å²) in [7, 11) is 1.69. The van der Waals surface area contributed by atoms with Crippen LogP contribution in [0.25, 0.3) is 0 Å². The molecule has 0 fully saturated rings. The number of benzene rings is 1. The normalized spacial score (nSPS) is 11.5. The van der Waals surface area contributed by atoms with Crippen LogP contribution in [0.3, 0.4) is 0 Å². The number of carbonyl (C=O) groups is 1. The molecule has 30 heavy (non-hydrogen) atoms. The molecule has 0 aromatic heterocycles. The summed E-state index contributed by atoms with van der Waals surface area (Å²) in [5, 5.41) is 9.39. The Morgan fingerprint density at radius 3 is 2.43 bits per heavy atom. The van der Waals surface area contributed by atoms with Crippen molar-refractivity contribution in [3.63, 3.8) is 0 Å². The first kappa shape index (κ1) is 28.5. The maximum Gasteiger partial charge on any atom is 0.227 e. The Morgan fingerprint density at radius 2 is 1.80 bits per heavy atom. The molecule has 0 spiro atoms. The van der Waals surface area contributed by atoms with Crippen molar-refractivity contribution in [1.29, 1.82) is 0 Å². The molecule has 0 bridgehead atoms. The second-order valence-corrected chi connectivity index (χ2v) is 7.60. The summed E-state index contributed by atoms with van der Waals surface area (Å²) in [6.07, 6.45) is 0.840. The smallest absolute Gasteiger partial charge is 0.227 e. The van der Waals surface area contributed by atoms with Crippen LogP contribution in [0, 0.1) is 12.3 Å². The average Bonchev–Trinajstić information content (AvgIpc) is 2.68. The number of nitrogens with one attached hydrogen (secondary N) is 3. The summed E-state index contributed by atoms with van der Waals surface area (Å²) >= 11 is 0. The largest absolute Gasteiger partial charge is 0.493 e. The van der Waals surface area contributed by atoms with Gasteiger partial charge in [-0.2, -0.15) is 0 Å². The first-order chi connectivity index (χ1) is 13.8. The Kier molecular flexibility index (Phi) is 14.5. The van der Waals surface area contributed by atoms with Gasteiger partial charge in [-0.3, -0.25) is 4.79 Å². The predicted octanol–water partition coefficient (Wildman–Crippen LogP) is 3.25. The van der Waals surface area contributed by atoms with Crippen LogP contribution in [0.15, 0.2) is 23.2 Å². The molecule has 0 aliphatic rings. The van der Waals surface area contributed by atoms with E-state index in [9.17, 15) is 4.79 Å². The number of carbonyl (C=O) groups excluding carboxylic acids is 1. The highest BCUT2D eigenvalue weighted by molar-refractivity contribution is 14.0. The van der Waals surface area contributed by atoms with Crippen molar-refractivity contribution < 1.29 is 14.3 Å². The van der Waals surface area contributed by atoms with Crippen molar-refractivity contribution in [3.8, 4) is 5.75 Å². The summed E-state index contributed by atoms with van der Waals surface area (Å²) in [4.78, 5) is 16.9. The molecule has 0 heterocycles. The fraction of sp³-hybridized carbons (Fsp3) is 0.636. The standard InChI is InChI=1S/C22H38N4O3.HI/c1-7-23-20(27)22(4,5)16-26-21(24-8-2)25-15-18-11-10-17(3)14-19(18)29-13-9-12-28-6;/h10-11,14H,7-9,12-13,15-16H2,1-6H3,(H,23,27)(H2,24,25,26);1H. The van der Waals surface area contributed by atoms with Crippen LogP contribution >= 0.6 is 24.0 Å². The maximum absolute atomic E-state index is 12.2. The van der Waals surface area contributed by atoms with Gasteiger partial charge in [0.1, 0.15) is 5.75 Å². The number of hydrogen-bond acceptors (Lipinski definition) is 4. The molecule has 7 nitrogen and oxygen atoms in total. The van der Waals surface area contributed by atoms with Gasteiger partial charge in [0.25, 0.3) is 0 Å². The molecule has 0 saturated carbocycles. The molecule has 8 heteroatoms. The molecule has 1 rings (SSSR count). The predicted molar refractivity (Wildman–Crippen MR) is 134 cm³/mol. The first-order valence-corrected chi connectivity index (χ1v) is 10.4. The van der Waals surface area contributed by atoms with E-state index in [0.29, 0.717) is 38.8 Å². The monoisotopic (exact) mass is 534 g/mol. The molecular weight excluding hydrogens is 495 g/mol. The number of hydrogen-bond donors (Lipinski definition) is 3. The van der Waals surface area contributed by atoms with Gasteiger partial charge in [0, 0.05) is 45.3 Å². The minimum atomic E-state index is -0.536. The number of aryl methyl sites for hydroxylation is 1. The van der Waals surface area contributed by atoms with Crippen LogP contribution < -0.4 is 20.7 Å². The third-order valence-electron chi connectivity index (χ3n) is 4.37. The van der Waals surface area contributed by atoms with Gasteiger partial charge in [-0.25, -0.2) is 4.99 Å². The van der Waals surface area contributed by atoms with Crippen LogP contribution in [-0.2, 0) is 16.1 Å². The lowest BCUT2D eigenvalue weighted by Gasteiger charge is -2.25. The first-order valence-electron chi connectivity index (χ1n) is 10.4. The minimum Gasteiger partial charge on any atom is -0.493 e. The third kappa shape index (κ3) is 10.5. The van der Waals surface area contributed by atoms with Crippen LogP contribution in [0.5, 0.6) is 5.75 Å². The highest BCUT2D eigenvalue weighted by Crippen LogP contribution is 2.21. The van der Waals surface area contributed by atoms with Gasteiger partial charge >= 0.3 is 0 Å². The second-order valence-electron chi connectivity index (χ2n) is 7.60. The fourth-order valence-electron chi connectivity index (χ4n) is 2.60. The third-order valence-corrected chi connectivity index (χ3v) is 4.37. The molecule has 1 aromatic carbocycles. The maximum atomic E-state index is 12.2. The number of amides is 1. The second kappa shape index (κ2) is 15.3.